The molecule has 1 amide bonds. The van der Waals surface area contributed by atoms with Crippen LogP contribution in [0, 0.1) is 0 Å². The van der Waals surface area contributed by atoms with Gasteiger partial charge in [0.25, 0.3) is 0 Å². The van der Waals surface area contributed by atoms with E-state index in [4.69, 9.17) is 11.6 Å². The van der Waals surface area contributed by atoms with Crippen molar-refractivity contribution in [3.05, 3.63) is 0 Å². The smallest absolute Gasteiger partial charge is 0.237 e. The molecule has 0 N–H and O–H groups in total. The van der Waals surface area contributed by atoms with Gasteiger partial charge in [-0.25, -0.2) is 0 Å². The highest BCUT2D eigenvalue weighted by Gasteiger charge is 2.18. The summed E-state index contributed by atoms with van der Waals surface area (Å²) in [4.78, 5) is 12.9. The van der Waals surface area contributed by atoms with Gasteiger partial charge in [-0.15, -0.1) is 11.6 Å². The molecule has 0 saturated carbocycles. The number of alkyl halides is 1. The maximum atomic E-state index is 11.6. The van der Waals surface area contributed by atoms with Gasteiger partial charge in [0.15, 0.2) is 0 Å². The van der Waals surface area contributed by atoms with Gasteiger partial charge in [0.05, 0.1) is 0 Å². The largest absolute Gasteiger partial charge is 0.341 e. The summed E-state index contributed by atoms with van der Waals surface area (Å²) in [6.07, 6.45) is 0.769. The molecule has 0 bridgehead atoms. The summed E-state index contributed by atoms with van der Waals surface area (Å²) in [6, 6.07) is 0. The molecule has 0 radical (unpaired) electrons. The minimum atomic E-state index is -1.93. The second kappa shape index (κ2) is 4.33. The van der Waals surface area contributed by atoms with Crippen molar-refractivity contribution >= 4 is 32.9 Å². The minimum absolute atomic E-state index is 0.0122. The van der Waals surface area contributed by atoms with E-state index in [1.807, 2.05) is 0 Å². The van der Waals surface area contributed by atoms with E-state index in [9.17, 15) is 9.00 Å². The van der Waals surface area contributed by atoms with Crippen LogP contribution in [0.4, 0.5) is 0 Å². The second-order valence-electron chi connectivity index (χ2n) is 3.24. The lowest BCUT2D eigenvalue weighted by molar-refractivity contribution is -0.128. The summed E-state index contributed by atoms with van der Waals surface area (Å²) in [7, 11) is -1.93. The second-order valence-corrected chi connectivity index (χ2v) is 6.26. The molecule has 76 valence electrons. The van der Waals surface area contributed by atoms with Crippen molar-refractivity contribution in [1.29, 1.82) is 0 Å². The zero-order valence-electron chi connectivity index (χ0n) is 7.50. The van der Waals surface area contributed by atoms with Gasteiger partial charge >= 0.3 is 0 Å². The fourth-order valence-electron chi connectivity index (χ4n) is 1.34. The Kier molecular flexibility index (Phi) is 3.62. The van der Waals surface area contributed by atoms with Crippen molar-refractivity contribution in [3.8, 4) is 0 Å². The van der Waals surface area contributed by atoms with Gasteiger partial charge in [-0.05, 0) is 21.8 Å². The van der Waals surface area contributed by atoms with Crippen LogP contribution in [0.1, 0.15) is 6.42 Å². The van der Waals surface area contributed by atoms with Crippen molar-refractivity contribution in [3.63, 3.8) is 0 Å². The molecule has 1 atom stereocenters. The molecule has 1 aliphatic heterocycles. The Morgan fingerprint density at radius 1 is 1.46 bits per heavy atom. The number of rotatable bonds is 1. The van der Waals surface area contributed by atoms with E-state index >= 15 is 0 Å². The number of hydrogen-bond acceptors (Lipinski definition) is 2. The van der Waals surface area contributed by atoms with Crippen molar-refractivity contribution < 1.29 is 9.00 Å². The van der Waals surface area contributed by atoms with Crippen LogP contribution in [0.2, 0.25) is 0 Å². The number of nitrogens with zero attached hydrogens (tertiary/aromatic N) is 1. The standard InChI is InChI=1S/C8H14ClNO2S/c1-13(12)5-2-3-10(4-6-13)8(11)7-9/h1-7H2. The van der Waals surface area contributed by atoms with Gasteiger partial charge in [0.1, 0.15) is 5.88 Å². The first-order valence-corrected chi connectivity index (χ1v) is 6.81. The first-order valence-electron chi connectivity index (χ1n) is 4.21. The van der Waals surface area contributed by atoms with Gasteiger partial charge in [-0.1, -0.05) is 0 Å². The van der Waals surface area contributed by atoms with Crippen LogP contribution < -0.4 is 0 Å². The third kappa shape index (κ3) is 3.19. The molecule has 5 heteroatoms. The highest BCUT2D eigenvalue weighted by molar-refractivity contribution is 8.00. The molecule has 3 nitrogen and oxygen atoms in total. The Balaban J connectivity index is 2.60. The Morgan fingerprint density at radius 3 is 2.77 bits per heavy atom. The topological polar surface area (TPSA) is 37.4 Å². The quantitative estimate of drug-likeness (QED) is 0.470. The molecule has 0 aromatic carbocycles. The van der Waals surface area contributed by atoms with Gasteiger partial charge in [-0.3, -0.25) is 9.00 Å². The lowest BCUT2D eigenvalue weighted by Gasteiger charge is -2.18. The molecule has 1 saturated heterocycles. The van der Waals surface area contributed by atoms with E-state index < -0.39 is 9.52 Å². The maximum absolute atomic E-state index is 11.6. The highest BCUT2D eigenvalue weighted by Crippen LogP contribution is 2.05. The van der Waals surface area contributed by atoms with Crippen molar-refractivity contribution in [2.75, 3.05) is 30.5 Å². The van der Waals surface area contributed by atoms with Gasteiger partial charge in [0, 0.05) is 24.6 Å². The van der Waals surface area contributed by atoms with Crippen LogP contribution in [0.15, 0.2) is 0 Å². The zero-order valence-corrected chi connectivity index (χ0v) is 9.07. The highest BCUT2D eigenvalue weighted by atomic mass is 35.5. The number of halogens is 1. The molecular weight excluding hydrogens is 210 g/mol. The normalized spacial score (nSPS) is 29.8. The third-order valence-electron chi connectivity index (χ3n) is 2.14. The molecule has 0 aromatic heterocycles. The molecule has 1 unspecified atom stereocenters. The summed E-state index contributed by atoms with van der Waals surface area (Å²) in [5.41, 5.74) is 0. The maximum Gasteiger partial charge on any atom is 0.237 e. The number of hydrogen-bond donors (Lipinski definition) is 0. The number of amides is 1. The molecule has 1 aliphatic rings. The molecule has 0 aliphatic carbocycles. The van der Waals surface area contributed by atoms with E-state index in [0.29, 0.717) is 24.6 Å². The predicted molar refractivity (Wildman–Crippen MR) is 56.9 cm³/mol. The van der Waals surface area contributed by atoms with Crippen molar-refractivity contribution in [2.24, 2.45) is 0 Å². The fourth-order valence-corrected chi connectivity index (χ4v) is 2.92. The van der Waals surface area contributed by atoms with E-state index in [1.165, 1.54) is 0 Å². The van der Waals surface area contributed by atoms with Crippen molar-refractivity contribution in [1.82, 2.24) is 4.90 Å². The average molecular weight is 224 g/mol. The summed E-state index contributed by atoms with van der Waals surface area (Å²) >= 11 is 5.43. The van der Waals surface area contributed by atoms with Crippen LogP contribution >= 0.6 is 11.6 Å². The van der Waals surface area contributed by atoms with Crippen molar-refractivity contribution in [2.45, 2.75) is 6.42 Å². The van der Waals surface area contributed by atoms with Gasteiger partial charge in [0.2, 0.25) is 5.91 Å². The monoisotopic (exact) mass is 223 g/mol. The van der Waals surface area contributed by atoms with Crippen LogP contribution in [-0.2, 0) is 14.3 Å². The summed E-state index contributed by atoms with van der Waals surface area (Å²) in [6.45, 7) is 1.20. The molecule has 1 heterocycles. The van der Waals surface area contributed by atoms with Crippen LogP contribution in [-0.4, -0.2) is 51.4 Å². The lowest BCUT2D eigenvalue weighted by atomic mass is 10.4. The van der Waals surface area contributed by atoms with E-state index in [0.717, 1.165) is 6.42 Å². The minimum Gasteiger partial charge on any atom is -0.341 e. The van der Waals surface area contributed by atoms with Crippen LogP contribution in [0.3, 0.4) is 0 Å². The molecule has 0 aromatic rings. The number of carbonyl (C=O) groups is 1. The van der Waals surface area contributed by atoms with E-state index in [-0.39, 0.29) is 11.8 Å². The molecular formula is C8H14ClNO2S. The molecule has 0 spiro atoms. The molecule has 1 fully saturated rings. The first kappa shape index (κ1) is 10.9. The Hall–Kier alpha value is -0.220. The van der Waals surface area contributed by atoms with Gasteiger partial charge < -0.3 is 4.90 Å². The SMILES string of the molecule is C=S1(=O)CCCN(C(=O)CCl)CC1. The Bertz CT molecular complexity index is 287. The zero-order chi connectivity index (χ0) is 9.90. The average Bonchev–Trinajstić information content (AvgIpc) is 2.25. The van der Waals surface area contributed by atoms with Crippen LogP contribution in [0.5, 0.6) is 0 Å². The lowest BCUT2D eigenvalue weighted by Crippen LogP contribution is -2.34. The summed E-state index contributed by atoms with van der Waals surface area (Å²) < 4.78 is 11.6. The fraction of sp³-hybridized carbons (Fsp3) is 0.750. The summed E-state index contributed by atoms with van der Waals surface area (Å²) in [5, 5.41) is 0. The molecule has 13 heavy (non-hydrogen) atoms. The first-order chi connectivity index (χ1) is 6.05. The third-order valence-corrected chi connectivity index (χ3v) is 4.33. The Morgan fingerprint density at radius 2 is 2.15 bits per heavy atom. The van der Waals surface area contributed by atoms with Crippen LogP contribution in [0.25, 0.3) is 0 Å². The number of carbonyl (C=O) groups excluding carboxylic acids is 1. The Labute approximate surface area is 84.1 Å². The molecule has 1 rings (SSSR count). The predicted octanol–water partition coefficient (Wildman–Crippen LogP) is 0.174. The van der Waals surface area contributed by atoms with E-state index in [1.54, 1.807) is 4.90 Å². The van der Waals surface area contributed by atoms with Gasteiger partial charge in [-0.2, -0.15) is 0 Å². The summed E-state index contributed by atoms with van der Waals surface area (Å²) in [5.74, 6) is 4.74. The van der Waals surface area contributed by atoms with E-state index in [2.05, 4.69) is 5.87 Å².